The summed E-state index contributed by atoms with van der Waals surface area (Å²) in [4.78, 5) is 46.4. The van der Waals surface area contributed by atoms with Gasteiger partial charge in [0, 0.05) is 13.1 Å². The minimum Gasteiger partial charge on any atom is -0.344 e. The van der Waals surface area contributed by atoms with Gasteiger partial charge in [0.15, 0.2) is 0 Å². The van der Waals surface area contributed by atoms with Gasteiger partial charge in [-0.2, -0.15) is 13.2 Å². The first-order valence-corrected chi connectivity index (χ1v) is 9.38. The number of carbonyl (C=O) groups excluding carboxylic acids is 3. The van der Waals surface area contributed by atoms with Crippen LogP contribution in [0.1, 0.15) is 20.8 Å². The van der Waals surface area contributed by atoms with E-state index in [2.05, 4.69) is 29.6 Å². The minimum absolute atomic E-state index is 0.0745. The van der Waals surface area contributed by atoms with Crippen LogP contribution in [0.15, 0.2) is 47.4 Å². The van der Waals surface area contributed by atoms with E-state index >= 15 is 0 Å². The molecule has 2 N–H and O–H groups in total. The maximum Gasteiger partial charge on any atom is 0.452 e. The van der Waals surface area contributed by atoms with Gasteiger partial charge in [0.1, 0.15) is 12.2 Å². The van der Waals surface area contributed by atoms with Crippen molar-refractivity contribution < 1.29 is 27.6 Å². The average molecular weight is 437 g/mol. The predicted molar refractivity (Wildman–Crippen MR) is 108 cm³/mol. The van der Waals surface area contributed by atoms with E-state index in [0.717, 1.165) is 4.57 Å². The number of fused-ring (bicyclic) bond motifs is 1. The molecule has 0 radical (unpaired) electrons. The van der Waals surface area contributed by atoms with Crippen molar-refractivity contribution in [1.29, 1.82) is 0 Å². The monoisotopic (exact) mass is 437 g/mol. The molecular formula is C21H22F3N3O4. The highest BCUT2D eigenvalue weighted by Crippen LogP contribution is 2.32. The number of hydrogen-bond donors (Lipinski definition) is 2. The molecule has 0 saturated carbocycles. The third kappa shape index (κ3) is 6.80. The fourth-order valence-electron chi connectivity index (χ4n) is 2.71. The number of benzene rings is 1. The lowest BCUT2D eigenvalue weighted by Crippen LogP contribution is -2.50. The van der Waals surface area contributed by atoms with E-state index < -0.39 is 47.8 Å². The lowest BCUT2D eigenvalue weighted by molar-refractivity contribution is -0.174. The number of rotatable bonds is 6. The second kappa shape index (κ2) is 9.59. The van der Waals surface area contributed by atoms with Crippen LogP contribution in [0.5, 0.6) is 0 Å². The summed E-state index contributed by atoms with van der Waals surface area (Å²) in [5, 5.41) is 4.28. The van der Waals surface area contributed by atoms with Crippen LogP contribution in [0, 0.1) is 5.92 Å². The number of amides is 2. The number of carbonyl (C=O) groups is 3. The van der Waals surface area contributed by atoms with Crippen LogP contribution < -0.4 is 16.2 Å². The van der Waals surface area contributed by atoms with Gasteiger partial charge >= 0.3 is 6.18 Å². The van der Waals surface area contributed by atoms with Crippen LogP contribution in [-0.4, -0.2) is 34.4 Å². The first kappa shape index (κ1) is 23.8. The molecule has 1 aromatic heterocycles. The summed E-state index contributed by atoms with van der Waals surface area (Å²) < 4.78 is 38.7. The molecule has 0 bridgehead atoms. The van der Waals surface area contributed by atoms with E-state index in [1.54, 1.807) is 0 Å². The van der Waals surface area contributed by atoms with E-state index in [0.29, 0.717) is 0 Å². The van der Waals surface area contributed by atoms with Crippen LogP contribution in [-0.2, 0) is 20.9 Å². The zero-order valence-electron chi connectivity index (χ0n) is 17.1. The fourth-order valence-corrected chi connectivity index (χ4v) is 2.71. The highest BCUT2D eigenvalue weighted by molar-refractivity contribution is 5.93. The van der Waals surface area contributed by atoms with Gasteiger partial charge in [-0.1, -0.05) is 32.0 Å². The second-order valence-corrected chi connectivity index (χ2v) is 7.27. The Morgan fingerprint density at radius 3 is 2.10 bits per heavy atom. The number of anilines is 1. The summed E-state index contributed by atoms with van der Waals surface area (Å²) in [7, 11) is 0. The Labute approximate surface area is 176 Å². The van der Waals surface area contributed by atoms with Gasteiger partial charge in [-0.3, -0.25) is 19.2 Å². The van der Waals surface area contributed by atoms with Gasteiger partial charge in [-0.25, -0.2) is 0 Å². The van der Waals surface area contributed by atoms with Gasteiger partial charge in [0.2, 0.25) is 11.8 Å². The molecule has 1 aromatic rings. The number of nitrogens with zero attached hydrogens (tertiary/aromatic N) is 1. The Balaban J connectivity index is 0.000000474. The number of Topliss-reactive ketones (excluding diaryl/α,β-unsaturated/α-hetero) is 1. The summed E-state index contributed by atoms with van der Waals surface area (Å²) in [5.74, 6) is -4.27. The maximum atomic E-state index is 12.6. The standard InChI is InChI=1S/C15H18F3N3O4.C6H4/c1-8(2)12(13(24)15(16,17)18)20-11(23)7-21-6-4-5-10(14(21)25)19-9(3)22;1-2-5-4-6(5)3-1/h4-6,8,12H,7H2,1-3H3,(H,19,22)(H,20,23);1-4H. The molecule has 2 aliphatic rings. The molecule has 1 atom stereocenters. The Morgan fingerprint density at radius 1 is 1.06 bits per heavy atom. The highest BCUT2D eigenvalue weighted by atomic mass is 19.4. The third-order valence-corrected chi connectivity index (χ3v) is 4.30. The molecule has 10 heteroatoms. The van der Waals surface area contributed by atoms with E-state index in [-0.39, 0.29) is 5.69 Å². The van der Waals surface area contributed by atoms with Crippen molar-refractivity contribution in [3.63, 3.8) is 0 Å². The van der Waals surface area contributed by atoms with Crippen LogP contribution in [0.2, 0.25) is 0 Å². The fraction of sp³-hybridized carbons (Fsp3) is 0.333. The van der Waals surface area contributed by atoms with E-state index in [1.165, 1.54) is 50.2 Å². The summed E-state index contributed by atoms with van der Waals surface area (Å²) >= 11 is 0. The van der Waals surface area contributed by atoms with Crippen molar-refractivity contribution in [2.75, 3.05) is 5.32 Å². The lowest BCUT2D eigenvalue weighted by Gasteiger charge is -2.22. The SMILES string of the molecule is CC(=O)Nc1cccn(CC(=O)NC(C(=O)C(F)(F)F)C(C)C)c1=O.c1cc2cc-2c1. The van der Waals surface area contributed by atoms with Gasteiger partial charge in [-0.05, 0) is 35.2 Å². The second-order valence-electron chi connectivity index (χ2n) is 7.27. The van der Waals surface area contributed by atoms with Gasteiger partial charge in [-0.15, -0.1) is 0 Å². The zero-order chi connectivity index (χ0) is 23.3. The molecule has 0 saturated heterocycles. The third-order valence-electron chi connectivity index (χ3n) is 4.30. The molecule has 0 aromatic carbocycles. The van der Waals surface area contributed by atoms with Crippen molar-refractivity contribution in [3.05, 3.63) is 52.9 Å². The number of ketones is 1. The Bertz CT molecular complexity index is 1030. The smallest absolute Gasteiger partial charge is 0.344 e. The molecule has 31 heavy (non-hydrogen) atoms. The number of hydrogen-bond acceptors (Lipinski definition) is 4. The molecule has 0 fully saturated rings. The normalized spacial score (nSPS) is 12.4. The molecule has 1 unspecified atom stereocenters. The molecular weight excluding hydrogens is 415 g/mol. The molecule has 166 valence electrons. The number of halogens is 3. The topological polar surface area (TPSA) is 97.3 Å². The van der Waals surface area contributed by atoms with E-state index in [1.807, 2.05) is 5.32 Å². The Morgan fingerprint density at radius 2 is 1.68 bits per heavy atom. The van der Waals surface area contributed by atoms with Crippen LogP contribution >= 0.6 is 0 Å². The lowest BCUT2D eigenvalue weighted by atomic mass is 9.99. The molecule has 2 amide bonds. The molecule has 0 spiro atoms. The molecule has 2 aliphatic carbocycles. The maximum absolute atomic E-state index is 12.6. The first-order valence-electron chi connectivity index (χ1n) is 9.38. The number of nitrogens with one attached hydrogen (secondary N) is 2. The molecule has 0 aliphatic heterocycles. The Kier molecular flexibility index (Phi) is 7.37. The molecule has 1 heterocycles. The van der Waals surface area contributed by atoms with Crippen molar-refractivity contribution in [3.8, 4) is 11.1 Å². The first-order chi connectivity index (χ1) is 14.4. The van der Waals surface area contributed by atoms with Crippen molar-refractivity contribution in [1.82, 2.24) is 9.88 Å². The largest absolute Gasteiger partial charge is 0.452 e. The molecule has 7 nitrogen and oxygen atoms in total. The van der Waals surface area contributed by atoms with E-state index in [9.17, 15) is 32.3 Å². The Hall–Kier alpha value is -3.43. The van der Waals surface area contributed by atoms with E-state index in [4.69, 9.17) is 0 Å². The van der Waals surface area contributed by atoms with Crippen molar-refractivity contribution in [2.24, 2.45) is 5.92 Å². The van der Waals surface area contributed by atoms with Crippen molar-refractivity contribution in [2.45, 2.75) is 39.5 Å². The number of pyridine rings is 1. The minimum atomic E-state index is -5.08. The van der Waals surface area contributed by atoms with Crippen LogP contribution in [0.25, 0.3) is 11.1 Å². The summed E-state index contributed by atoms with van der Waals surface area (Å²) in [6.45, 7) is 3.32. The van der Waals surface area contributed by atoms with Gasteiger partial charge in [0.05, 0.1) is 6.04 Å². The van der Waals surface area contributed by atoms with Gasteiger partial charge < -0.3 is 15.2 Å². The average Bonchev–Trinajstić information content (AvgIpc) is 3.26. The van der Waals surface area contributed by atoms with Crippen molar-refractivity contribution >= 4 is 23.3 Å². The summed E-state index contributed by atoms with van der Waals surface area (Å²) in [6.07, 6.45) is -3.84. The summed E-state index contributed by atoms with van der Waals surface area (Å²) in [6, 6.07) is 9.44. The zero-order valence-corrected chi connectivity index (χ0v) is 17.1. The quantitative estimate of drug-likeness (QED) is 0.620. The van der Waals surface area contributed by atoms with Gasteiger partial charge in [0.25, 0.3) is 11.3 Å². The highest BCUT2D eigenvalue weighted by Gasteiger charge is 2.44. The number of alkyl halides is 3. The van der Waals surface area contributed by atoms with Crippen LogP contribution in [0.4, 0.5) is 18.9 Å². The predicted octanol–water partition coefficient (Wildman–Crippen LogP) is 2.75. The molecule has 3 rings (SSSR count). The number of aromatic nitrogens is 1. The summed E-state index contributed by atoms with van der Waals surface area (Å²) in [5.41, 5.74) is 2.08. The van der Waals surface area contributed by atoms with Crippen LogP contribution in [0.3, 0.4) is 0 Å².